The molecular weight excluding hydrogens is 344 g/mol. The van der Waals surface area contributed by atoms with Crippen LogP contribution in [-0.2, 0) is 0 Å². The maximum atomic E-state index is 12.1. The number of rotatable bonds is 5. The molecule has 24 heavy (non-hydrogen) atoms. The number of thiophene rings is 1. The van der Waals surface area contributed by atoms with Crippen molar-refractivity contribution in [3.8, 4) is 0 Å². The highest BCUT2D eigenvalue weighted by Gasteiger charge is 2.16. The molecule has 5 nitrogen and oxygen atoms in total. The average molecular weight is 357 g/mol. The normalized spacial score (nSPS) is 11.4. The van der Waals surface area contributed by atoms with Crippen LogP contribution in [0, 0.1) is 0 Å². The summed E-state index contributed by atoms with van der Waals surface area (Å²) in [6.45, 7) is 0. The Bertz CT molecular complexity index is 905. The van der Waals surface area contributed by atoms with Crippen molar-refractivity contribution in [3.05, 3.63) is 64.5 Å². The fourth-order valence-electron chi connectivity index (χ4n) is 2.00. The molecule has 7 heteroatoms. The highest BCUT2D eigenvalue weighted by molar-refractivity contribution is 7.21. The molecule has 0 radical (unpaired) electrons. The van der Waals surface area contributed by atoms with Gasteiger partial charge in [0.1, 0.15) is 4.88 Å². The number of nitrogens with zero attached hydrogens (tertiary/aromatic N) is 2. The van der Waals surface area contributed by atoms with E-state index in [4.69, 9.17) is 11.6 Å². The van der Waals surface area contributed by atoms with Crippen LogP contribution in [0.2, 0.25) is 5.02 Å². The van der Waals surface area contributed by atoms with Gasteiger partial charge >= 0.3 is 0 Å². The Morgan fingerprint density at radius 1 is 1.00 bits per heavy atom. The first-order valence-electron chi connectivity index (χ1n) is 7.09. The summed E-state index contributed by atoms with van der Waals surface area (Å²) in [5.74, 6) is -0.345. The molecule has 3 aromatic rings. The van der Waals surface area contributed by atoms with E-state index in [2.05, 4.69) is 21.1 Å². The molecular formula is C17H13ClN4OS. The Morgan fingerprint density at radius 2 is 1.71 bits per heavy atom. The highest BCUT2D eigenvalue weighted by atomic mass is 35.5. The number of benzene rings is 2. The minimum absolute atomic E-state index is 0.345. The lowest BCUT2D eigenvalue weighted by Crippen LogP contribution is -2.16. The van der Waals surface area contributed by atoms with Crippen molar-refractivity contribution in [1.29, 1.82) is 0 Å². The Balaban J connectivity index is 1.57. The Morgan fingerprint density at radius 3 is 2.50 bits per heavy atom. The van der Waals surface area contributed by atoms with E-state index in [1.807, 2.05) is 54.6 Å². The summed E-state index contributed by atoms with van der Waals surface area (Å²) in [6, 6.07) is 17.1. The first-order valence-corrected chi connectivity index (χ1v) is 8.28. The third-order valence-electron chi connectivity index (χ3n) is 3.09. The lowest BCUT2D eigenvalue weighted by atomic mass is 10.2. The molecule has 1 amide bonds. The van der Waals surface area contributed by atoms with Crippen molar-refractivity contribution in [1.82, 2.24) is 5.43 Å². The molecule has 2 N–H and O–H groups in total. The fraction of sp³-hybridized carbons (Fsp3) is 0. The van der Waals surface area contributed by atoms with Gasteiger partial charge in [-0.25, -0.2) is 5.43 Å². The van der Waals surface area contributed by atoms with Crippen molar-refractivity contribution in [3.63, 3.8) is 0 Å². The van der Waals surface area contributed by atoms with Crippen molar-refractivity contribution in [2.75, 3.05) is 5.43 Å². The summed E-state index contributed by atoms with van der Waals surface area (Å²) in [4.78, 5) is 12.6. The molecule has 0 aliphatic rings. The minimum Gasteiger partial charge on any atom is -0.278 e. The number of nitrogens with one attached hydrogen (secondary N) is 2. The molecule has 0 saturated heterocycles. The first-order chi connectivity index (χ1) is 11.8. The van der Waals surface area contributed by atoms with Gasteiger partial charge in [0.2, 0.25) is 0 Å². The molecule has 0 unspecified atom stereocenters. The van der Waals surface area contributed by atoms with Gasteiger partial charge in [0, 0.05) is 10.1 Å². The molecule has 0 spiro atoms. The van der Waals surface area contributed by atoms with E-state index in [-0.39, 0.29) is 5.91 Å². The van der Waals surface area contributed by atoms with Crippen molar-refractivity contribution in [2.24, 2.45) is 10.2 Å². The number of anilines is 1. The Hall–Kier alpha value is -2.70. The number of fused-ring (bicyclic) bond motifs is 1. The number of carbonyl (C=O) groups is 1. The standard InChI is InChI=1S/C17H13ClN4OS/c18-15-13-8-4-5-9-14(13)24-16(15)17(23)22-20-11-10-19-21-12-6-2-1-3-7-12/h1-11,21H,(H,22,23)/b19-10-,20-11-. The van der Waals surface area contributed by atoms with Crippen LogP contribution in [0.15, 0.2) is 64.8 Å². The number of hydrogen-bond donors (Lipinski definition) is 2. The summed E-state index contributed by atoms with van der Waals surface area (Å²) >= 11 is 7.58. The third kappa shape index (κ3) is 3.79. The SMILES string of the molecule is O=C(N/N=C\C=N/Nc1ccccc1)c1sc2ccccc2c1Cl. The zero-order valence-electron chi connectivity index (χ0n) is 12.4. The topological polar surface area (TPSA) is 65.8 Å². The highest BCUT2D eigenvalue weighted by Crippen LogP contribution is 2.34. The monoisotopic (exact) mass is 356 g/mol. The summed E-state index contributed by atoms with van der Waals surface area (Å²) in [6.07, 6.45) is 2.83. The van der Waals surface area contributed by atoms with Crippen molar-refractivity contribution in [2.45, 2.75) is 0 Å². The molecule has 3 rings (SSSR count). The second kappa shape index (κ2) is 7.72. The van der Waals surface area contributed by atoms with Crippen LogP contribution in [0.5, 0.6) is 0 Å². The quantitative estimate of drug-likeness (QED) is 0.526. The van der Waals surface area contributed by atoms with Crippen LogP contribution in [0.3, 0.4) is 0 Å². The van der Waals surface area contributed by atoms with E-state index in [1.165, 1.54) is 23.8 Å². The van der Waals surface area contributed by atoms with Crippen molar-refractivity contribution >= 4 is 57.0 Å². The minimum atomic E-state index is -0.345. The van der Waals surface area contributed by atoms with Gasteiger partial charge in [-0.05, 0) is 18.2 Å². The number of carbonyl (C=O) groups excluding carboxylic acids is 1. The van der Waals surface area contributed by atoms with Crippen LogP contribution < -0.4 is 10.9 Å². The van der Waals surface area contributed by atoms with Crippen LogP contribution in [0.4, 0.5) is 5.69 Å². The van der Waals surface area contributed by atoms with E-state index >= 15 is 0 Å². The summed E-state index contributed by atoms with van der Waals surface area (Å²) in [7, 11) is 0. The predicted molar refractivity (Wildman–Crippen MR) is 101 cm³/mol. The Kier molecular flexibility index (Phi) is 5.20. The van der Waals surface area contributed by atoms with E-state index in [0.29, 0.717) is 9.90 Å². The zero-order chi connectivity index (χ0) is 16.8. The third-order valence-corrected chi connectivity index (χ3v) is 4.76. The second-order valence-electron chi connectivity index (χ2n) is 4.72. The van der Waals surface area contributed by atoms with Gasteiger partial charge in [-0.3, -0.25) is 10.2 Å². The number of amides is 1. The fourth-order valence-corrected chi connectivity index (χ4v) is 3.40. The second-order valence-corrected chi connectivity index (χ2v) is 6.15. The van der Waals surface area contributed by atoms with E-state index in [9.17, 15) is 4.79 Å². The molecule has 0 aliphatic heterocycles. The van der Waals surface area contributed by atoms with Gasteiger partial charge in [-0.1, -0.05) is 48.0 Å². The smallest absolute Gasteiger partial charge is 0.278 e. The Labute approximate surface area is 147 Å². The largest absolute Gasteiger partial charge is 0.283 e. The molecule has 0 aliphatic carbocycles. The van der Waals surface area contributed by atoms with E-state index in [1.54, 1.807) is 0 Å². The van der Waals surface area contributed by atoms with Gasteiger partial charge in [0.05, 0.1) is 23.1 Å². The predicted octanol–water partition coefficient (Wildman–Crippen LogP) is 4.37. The van der Waals surface area contributed by atoms with Crippen LogP contribution in [-0.4, -0.2) is 18.3 Å². The molecule has 0 fully saturated rings. The van der Waals surface area contributed by atoms with Crippen LogP contribution in [0.25, 0.3) is 10.1 Å². The van der Waals surface area contributed by atoms with E-state index in [0.717, 1.165) is 15.8 Å². The van der Waals surface area contributed by atoms with Gasteiger partial charge in [-0.15, -0.1) is 11.3 Å². The maximum Gasteiger partial charge on any atom is 0.283 e. The maximum absolute atomic E-state index is 12.1. The average Bonchev–Trinajstić information content (AvgIpc) is 2.96. The molecule has 0 atom stereocenters. The number of para-hydroxylation sites is 1. The molecule has 0 saturated carbocycles. The van der Waals surface area contributed by atoms with Crippen LogP contribution in [0.1, 0.15) is 9.67 Å². The summed E-state index contributed by atoms with van der Waals surface area (Å²) in [5.41, 5.74) is 6.14. The summed E-state index contributed by atoms with van der Waals surface area (Å²) < 4.78 is 0.963. The molecule has 120 valence electrons. The van der Waals surface area contributed by atoms with Gasteiger partial charge in [0.15, 0.2) is 0 Å². The molecule has 2 aromatic carbocycles. The molecule has 0 bridgehead atoms. The zero-order valence-corrected chi connectivity index (χ0v) is 14.0. The van der Waals surface area contributed by atoms with Crippen molar-refractivity contribution < 1.29 is 4.79 Å². The molecule has 1 heterocycles. The number of hydrazone groups is 2. The lowest BCUT2D eigenvalue weighted by molar-refractivity contribution is 0.0959. The van der Waals surface area contributed by atoms with Crippen LogP contribution >= 0.6 is 22.9 Å². The van der Waals surface area contributed by atoms with Gasteiger partial charge in [-0.2, -0.15) is 10.2 Å². The molecule has 1 aromatic heterocycles. The lowest BCUT2D eigenvalue weighted by Gasteiger charge is -1.97. The number of hydrogen-bond acceptors (Lipinski definition) is 5. The van der Waals surface area contributed by atoms with E-state index < -0.39 is 0 Å². The van der Waals surface area contributed by atoms with Gasteiger partial charge in [0.25, 0.3) is 5.91 Å². The van der Waals surface area contributed by atoms with Gasteiger partial charge < -0.3 is 0 Å². The number of halogens is 1. The first kappa shape index (κ1) is 16.2. The summed E-state index contributed by atoms with van der Waals surface area (Å²) in [5, 5.41) is 9.10.